The van der Waals surface area contributed by atoms with Gasteiger partial charge in [0.25, 0.3) is 0 Å². The molecule has 66 valence electrons. The van der Waals surface area contributed by atoms with E-state index >= 15 is 0 Å². The molecule has 0 amide bonds. The van der Waals surface area contributed by atoms with Crippen molar-refractivity contribution in [1.29, 1.82) is 0 Å². The lowest BCUT2D eigenvalue weighted by Gasteiger charge is -2.00. The zero-order valence-electron chi connectivity index (χ0n) is 7.77. The summed E-state index contributed by atoms with van der Waals surface area (Å²) in [6.07, 6.45) is 7.99. The Morgan fingerprint density at radius 2 is 2.00 bits per heavy atom. The monoisotopic (exact) mass is 156 g/mol. The molecule has 11 heavy (non-hydrogen) atoms. The van der Waals surface area contributed by atoms with Crippen LogP contribution in [0.5, 0.6) is 0 Å². The lowest BCUT2D eigenvalue weighted by molar-refractivity contribution is 0.325. The van der Waals surface area contributed by atoms with Gasteiger partial charge in [0.2, 0.25) is 0 Å². The number of unbranched alkanes of at least 4 members (excludes halogenated alkanes) is 2. The quantitative estimate of drug-likeness (QED) is 0.463. The maximum atomic E-state index is 8.89. The molecule has 0 saturated heterocycles. The Hall–Kier alpha value is -0.300. The highest BCUT2D eigenvalue weighted by atomic mass is 16.3. The lowest BCUT2D eigenvalue weighted by atomic mass is 10.1. The zero-order valence-corrected chi connectivity index (χ0v) is 7.77. The minimum atomic E-state index is 0.248. The average molecular weight is 156 g/mol. The van der Waals surface area contributed by atoms with Crippen molar-refractivity contribution in [2.45, 2.75) is 46.0 Å². The summed E-state index contributed by atoms with van der Waals surface area (Å²) < 4.78 is 0. The van der Waals surface area contributed by atoms with E-state index < -0.39 is 0 Å². The highest BCUT2D eigenvalue weighted by Gasteiger charge is 1.91. The van der Waals surface area contributed by atoms with Crippen LogP contribution >= 0.6 is 0 Å². The van der Waals surface area contributed by atoms with Crippen LogP contribution in [0.1, 0.15) is 46.0 Å². The Balaban J connectivity index is 3.52. The van der Waals surface area contributed by atoms with Gasteiger partial charge in [-0.05, 0) is 18.4 Å². The Morgan fingerprint density at radius 3 is 2.45 bits per heavy atom. The van der Waals surface area contributed by atoms with Gasteiger partial charge in [-0.15, -0.1) is 0 Å². The third-order valence-corrected chi connectivity index (χ3v) is 1.76. The molecule has 0 atom stereocenters. The molecule has 0 aromatic heterocycles. The first-order valence-electron chi connectivity index (χ1n) is 4.63. The van der Waals surface area contributed by atoms with Crippen molar-refractivity contribution >= 4 is 0 Å². The van der Waals surface area contributed by atoms with E-state index in [2.05, 4.69) is 19.9 Å². The molecular formula is C10H20O. The van der Waals surface area contributed by atoms with Gasteiger partial charge in [-0.25, -0.2) is 0 Å². The standard InChI is InChI=1S/C10H20O/c1-3-5-6-8-10(9-11)7-4-2/h8,11H,3-7,9H2,1-2H3/b10-8+. The van der Waals surface area contributed by atoms with Crippen LogP contribution in [0, 0.1) is 0 Å². The fraction of sp³-hybridized carbons (Fsp3) is 0.800. The summed E-state index contributed by atoms with van der Waals surface area (Å²) in [4.78, 5) is 0. The second-order valence-electron chi connectivity index (χ2n) is 2.91. The van der Waals surface area contributed by atoms with E-state index in [-0.39, 0.29) is 6.61 Å². The second kappa shape index (κ2) is 7.80. The number of aliphatic hydroxyl groups is 1. The van der Waals surface area contributed by atoms with Crippen molar-refractivity contribution in [3.8, 4) is 0 Å². The van der Waals surface area contributed by atoms with Gasteiger partial charge >= 0.3 is 0 Å². The Labute approximate surface area is 70.1 Å². The number of hydrogen-bond donors (Lipinski definition) is 1. The predicted molar refractivity (Wildman–Crippen MR) is 49.6 cm³/mol. The van der Waals surface area contributed by atoms with Gasteiger partial charge in [0.05, 0.1) is 6.61 Å². The Kier molecular flexibility index (Phi) is 7.59. The van der Waals surface area contributed by atoms with E-state index in [0.717, 1.165) is 19.3 Å². The molecule has 0 aromatic carbocycles. The predicted octanol–water partition coefficient (Wildman–Crippen LogP) is 2.90. The normalized spacial score (nSPS) is 12.1. The summed E-state index contributed by atoms with van der Waals surface area (Å²) in [5.74, 6) is 0. The van der Waals surface area contributed by atoms with Crippen LogP contribution in [0.4, 0.5) is 0 Å². The minimum absolute atomic E-state index is 0.248. The zero-order chi connectivity index (χ0) is 8.53. The van der Waals surface area contributed by atoms with E-state index in [1.165, 1.54) is 18.4 Å². The highest BCUT2D eigenvalue weighted by Crippen LogP contribution is 2.06. The molecule has 0 bridgehead atoms. The van der Waals surface area contributed by atoms with Gasteiger partial charge in [0.1, 0.15) is 0 Å². The van der Waals surface area contributed by atoms with Crippen LogP contribution in [-0.2, 0) is 0 Å². The van der Waals surface area contributed by atoms with Crippen LogP contribution in [0.3, 0.4) is 0 Å². The summed E-state index contributed by atoms with van der Waals surface area (Å²) >= 11 is 0. The molecule has 1 N–H and O–H groups in total. The smallest absolute Gasteiger partial charge is 0.0641 e. The van der Waals surface area contributed by atoms with Crippen LogP contribution in [0.2, 0.25) is 0 Å². The maximum absolute atomic E-state index is 8.89. The van der Waals surface area contributed by atoms with Gasteiger partial charge in [0.15, 0.2) is 0 Å². The van der Waals surface area contributed by atoms with Crippen molar-refractivity contribution in [2.75, 3.05) is 6.61 Å². The fourth-order valence-electron chi connectivity index (χ4n) is 1.08. The van der Waals surface area contributed by atoms with Crippen LogP contribution in [0.25, 0.3) is 0 Å². The average Bonchev–Trinajstić information content (AvgIpc) is 2.03. The molecule has 0 unspecified atom stereocenters. The first-order chi connectivity index (χ1) is 5.35. The fourth-order valence-corrected chi connectivity index (χ4v) is 1.08. The van der Waals surface area contributed by atoms with Crippen molar-refractivity contribution in [1.82, 2.24) is 0 Å². The van der Waals surface area contributed by atoms with Crippen LogP contribution < -0.4 is 0 Å². The van der Waals surface area contributed by atoms with Crippen molar-refractivity contribution < 1.29 is 5.11 Å². The topological polar surface area (TPSA) is 20.2 Å². The molecule has 0 aliphatic rings. The van der Waals surface area contributed by atoms with Crippen molar-refractivity contribution in [2.24, 2.45) is 0 Å². The van der Waals surface area contributed by atoms with Crippen LogP contribution in [-0.4, -0.2) is 11.7 Å². The first kappa shape index (κ1) is 10.7. The van der Waals surface area contributed by atoms with E-state index in [1.54, 1.807) is 0 Å². The van der Waals surface area contributed by atoms with Gasteiger partial charge in [0, 0.05) is 0 Å². The molecule has 0 saturated carbocycles. The minimum Gasteiger partial charge on any atom is -0.392 e. The summed E-state index contributed by atoms with van der Waals surface area (Å²) in [6.45, 7) is 4.58. The number of rotatable bonds is 6. The van der Waals surface area contributed by atoms with Gasteiger partial charge in [-0.3, -0.25) is 0 Å². The molecule has 0 radical (unpaired) electrons. The molecule has 1 heteroatoms. The van der Waals surface area contributed by atoms with Gasteiger partial charge in [-0.1, -0.05) is 39.2 Å². The summed E-state index contributed by atoms with van der Waals surface area (Å²) in [5.41, 5.74) is 1.21. The molecule has 0 aliphatic carbocycles. The van der Waals surface area contributed by atoms with Gasteiger partial charge < -0.3 is 5.11 Å². The first-order valence-corrected chi connectivity index (χ1v) is 4.63. The summed E-state index contributed by atoms with van der Waals surface area (Å²) in [7, 11) is 0. The largest absolute Gasteiger partial charge is 0.392 e. The molecule has 0 aromatic rings. The lowest BCUT2D eigenvalue weighted by Crippen LogP contribution is -1.89. The Bertz CT molecular complexity index is 105. The molecular weight excluding hydrogens is 136 g/mol. The third kappa shape index (κ3) is 6.11. The summed E-state index contributed by atoms with van der Waals surface area (Å²) in [6, 6.07) is 0. The molecule has 0 aliphatic heterocycles. The number of allylic oxidation sites excluding steroid dienone is 1. The van der Waals surface area contributed by atoms with Crippen molar-refractivity contribution in [3.63, 3.8) is 0 Å². The highest BCUT2D eigenvalue weighted by molar-refractivity contribution is 5.01. The second-order valence-corrected chi connectivity index (χ2v) is 2.91. The van der Waals surface area contributed by atoms with E-state index in [9.17, 15) is 0 Å². The molecule has 1 nitrogen and oxygen atoms in total. The van der Waals surface area contributed by atoms with E-state index in [1.807, 2.05) is 0 Å². The third-order valence-electron chi connectivity index (χ3n) is 1.76. The van der Waals surface area contributed by atoms with Crippen LogP contribution in [0.15, 0.2) is 11.6 Å². The summed E-state index contributed by atoms with van der Waals surface area (Å²) in [5, 5.41) is 8.89. The van der Waals surface area contributed by atoms with Gasteiger partial charge in [-0.2, -0.15) is 0 Å². The SMILES string of the molecule is CCCC/C=C(/CO)CCC. The molecule has 0 fully saturated rings. The number of aliphatic hydroxyl groups excluding tert-OH is 1. The Morgan fingerprint density at radius 1 is 1.27 bits per heavy atom. The molecule has 0 spiro atoms. The molecule has 0 rings (SSSR count). The van der Waals surface area contributed by atoms with E-state index in [0.29, 0.717) is 0 Å². The van der Waals surface area contributed by atoms with E-state index in [4.69, 9.17) is 5.11 Å². The number of hydrogen-bond acceptors (Lipinski definition) is 1. The maximum Gasteiger partial charge on any atom is 0.0641 e. The van der Waals surface area contributed by atoms with Crippen molar-refractivity contribution in [3.05, 3.63) is 11.6 Å². The molecule has 0 heterocycles.